The summed E-state index contributed by atoms with van der Waals surface area (Å²) in [5.74, 6) is -0.116. The predicted octanol–water partition coefficient (Wildman–Crippen LogP) is 5.06. The normalized spacial score (nSPS) is 10.6. The van der Waals surface area contributed by atoms with Crippen LogP contribution in [0.3, 0.4) is 0 Å². The molecule has 3 aromatic rings. The molecule has 0 aliphatic rings. The van der Waals surface area contributed by atoms with E-state index in [0.29, 0.717) is 41.1 Å². The Bertz CT molecular complexity index is 992. The molecule has 3 rings (SSSR count). The van der Waals surface area contributed by atoms with E-state index in [1.807, 2.05) is 49.4 Å². The van der Waals surface area contributed by atoms with Gasteiger partial charge in [0.05, 0.1) is 0 Å². The van der Waals surface area contributed by atoms with E-state index < -0.39 is 0 Å². The Kier molecular flexibility index (Phi) is 8.55. The van der Waals surface area contributed by atoms with Crippen LogP contribution in [0.25, 0.3) is 10.6 Å². The quantitative estimate of drug-likeness (QED) is 0.462. The number of anilines is 1. The summed E-state index contributed by atoms with van der Waals surface area (Å²) in [6, 6.07) is 17.2. The molecular formula is C23H25ClN4O2S. The lowest BCUT2D eigenvalue weighted by Gasteiger charge is -2.22. The van der Waals surface area contributed by atoms with E-state index in [0.717, 1.165) is 17.5 Å². The summed E-state index contributed by atoms with van der Waals surface area (Å²) in [6.45, 7) is 3.05. The number of aryl methyl sites for hydroxylation is 1. The van der Waals surface area contributed by atoms with E-state index in [2.05, 4.69) is 15.5 Å². The summed E-state index contributed by atoms with van der Waals surface area (Å²) in [5.41, 5.74) is 2.03. The first-order valence-electron chi connectivity index (χ1n) is 10.3. The zero-order valence-corrected chi connectivity index (χ0v) is 19.0. The maximum atomic E-state index is 12.6. The highest BCUT2D eigenvalue weighted by molar-refractivity contribution is 7.18. The van der Waals surface area contributed by atoms with Crippen molar-refractivity contribution in [3.8, 4) is 10.6 Å². The summed E-state index contributed by atoms with van der Waals surface area (Å²) in [6.07, 6.45) is 2.20. The Labute approximate surface area is 191 Å². The molecule has 6 nitrogen and oxygen atoms in total. The topological polar surface area (TPSA) is 75.2 Å². The van der Waals surface area contributed by atoms with Crippen molar-refractivity contribution in [3.63, 3.8) is 0 Å². The summed E-state index contributed by atoms with van der Waals surface area (Å²) in [5, 5.41) is 12.7. The fraction of sp³-hybridized carbons (Fsp3) is 0.304. The van der Waals surface area contributed by atoms with E-state index >= 15 is 0 Å². The van der Waals surface area contributed by atoms with Gasteiger partial charge in [-0.25, -0.2) is 0 Å². The van der Waals surface area contributed by atoms with Gasteiger partial charge in [0.2, 0.25) is 16.9 Å². The number of aromatic nitrogens is 2. The Balaban J connectivity index is 1.49. The number of hydrogen-bond acceptors (Lipinski definition) is 5. The van der Waals surface area contributed by atoms with Crippen molar-refractivity contribution < 1.29 is 9.59 Å². The van der Waals surface area contributed by atoms with Gasteiger partial charge in [0.25, 0.3) is 0 Å². The smallest absolute Gasteiger partial charge is 0.227 e. The zero-order chi connectivity index (χ0) is 22.1. The van der Waals surface area contributed by atoms with Gasteiger partial charge in [-0.15, -0.1) is 10.2 Å². The fourth-order valence-corrected chi connectivity index (χ4v) is 3.98. The highest BCUT2D eigenvalue weighted by Crippen LogP contribution is 2.27. The molecule has 2 aromatic carbocycles. The second-order valence-corrected chi connectivity index (χ2v) is 8.50. The van der Waals surface area contributed by atoms with Crippen molar-refractivity contribution in [3.05, 3.63) is 65.2 Å². The number of carbonyl (C=O) groups excluding carboxylic acids is 2. The average molecular weight is 457 g/mol. The Morgan fingerprint density at radius 3 is 2.45 bits per heavy atom. The largest absolute Gasteiger partial charge is 0.342 e. The number of benzene rings is 2. The van der Waals surface area contributed by atoms with Crippen LogP contribution in [0.15, 0.2) is 54.6 Å². The number of hydrogen-bond donors (Lipinski definition) is 1. The van der Waals surface area contributed by atoms with Crippen molar-refractivity contribution in [1.82, 2.24) is 15.1 Å². The number of nitrogens with zero attached hydrogens (tertiary/aromatic N) is 3. The van der Waals surface area contributed by atoms with E-state index in [-0.39, 0.29) is 18.2 Å². The van der Waals surface area contributed by atoms with Gasteiger partial charge in [0, 0.05) is 36.5 Å². The number of amides is 2. The molecule has 0 fully saturated rings. The minimum absolute atomic E-state index is 0.0689. The highest BCUT2D eigenvalue weighted by atomic mass is 35.5. The number of carbonyl (C=O) groups is 2. The van der Waals surface area contributed by atoms with Gasteiger partial charge in [-0.1, -0.05) is 72.3 Å². The average Bonchev–Trinajstić information content (AvgIpc) is 3.24. The third kappa shape index (κ3) is 7.15. The SMILES string of the molecule is CCCN(CCC(=O)Nc1nnc(-c2ccc(Cl)cc2)s1)C(=O)CCc1ccccc1. The molecule has 31 heavy (non-hydrogen) atoms. The van der Waals surface area contributed by atoms with Gasteiger partial charge < -0.3 is 10.2 Å². The monoisotopic (exact) mass is 456 g/mol. The second-order valence-electron chi connectivity index (χ2n) is 7.08. The number of halogens is 1. The third-order valence-corrected chi connectivity index (χ3v) is 5.83. The van der Waals surface area contributed by atoms with E-state index in [1.54, 1.807) is 17.0 Å². The number of nitrogens with one attached hydrogen (secondary N) is 1. The zero-order valence-electron chi connectivity index (χ0n) is 17.4. The molecule has 0 aliphatic carbocycles. The minimum atomic E-state index is -0.184. The first-order chi connectivity index (χ1) is 15.0. The molecule has 0 unspecified atom stereocenters. The first-order valence-corrected chi connectivity index (χ1v) is 11.5. The van der Waals surface area contributed by atoms with Crippen LogP contribution in [-0.2, 0) is 16.0 Å². The van der Waals surface area contributed by atoms with Gasteiger partial charge in [-0.2, -0.15) is 0 Å². The third-order valence-electron chi connectivity index (χ3n) is 4.69. The van der Waals surface area contributed by atoms with Gasteiger partial charge >= 0.3 is 0 Å². The lowest BCUT2D eigenvalue weighted by molar-refractivity contribution is -0.131. The van der Waals surface area contributed by atoms with Gasteiger partial charge in [-0.05, 0) is 30.5 Å². The fourth-order valence-electron chi connectivity index (χ4n) is 3.09. The van der Waals surface area contributed by atoms with Crippen LogP contribution in [-0.4, -0.2) is 40.0 Å². The number of rotatable bonds is 10. The summed E-state index contributed by atoms with van der Waals surface area (Å²) in [4.78, 5) is 26.8. The Hall–Kier alpha value is -2.77. The van der Waals surface area contributed by atoms with Gasteiger partial charge in [0.15, 0.2) is 0 Å². The van der Waals surface area contributed by atoms with Crippen LogP contribution in [0, 0.1) is 0 Å². The van der Waals surface area contributed by atoms with E-state index in [4.69, 9.17) is 11.6 Å². The van der Waals surface area contributed by atoms with E-state index in [9.17, 15) is 9.59 Å². The maximum Gasteiger partial charge on any atom is 0.227 e. The van der Waals surface area contributed by atoms with Crippen molar-refractivity contribution in [2.45, 2.75) is 32.6 Å². The molecule has 0 spiro atoms. The first kappa shape index (κ1) is 22.9. The molecule has 0 radical (unpaired) electrons. The lowest BCUT2D eigenvalue weighted by Crippen LogP contribution is -2.34. The molecule has 0 bridgehead atoms. The van der Waals surface area contributed by atoms with Crippen molar-refractivity contribution in [1.29, 1.82) is 0 Å². The van der Waals surface area contributed by atoms with Crippen molar-refractivity contribution in [2.24, 2.45) is 0 Å². The van der Waals surface area contributed by atoms with Crippen LogP contribution < -0.4 is 5.32 Å². The summed E-state index contributed by atoms with van der Waals surface area (Å²) < 4.78 is 0. The van der Waals surface area contributed by atoms with Crippen LogP contribution in [0.2, 0.25) is 5.02 Å². The molecule has 0 saturated heterocycles. The Morgan fingerprint density at radius 2 is 1.74 bits per heavy atom. The highest BCUT2D eigenvalue weighted by Gasteiger charge is 2.15. The van der Waals surface area contributed by atoms with Crippen LogP contribution in [0.5, 0.6) is 0 Å². The lowest BCUT2D eigenvalue weighted by atomic mass is 10.1. The molecule has 2 amide bonds. The summed E-state index contributed by atoms with van der Waals surface area (Å²) in [7, 11) is 0. The van der Waals surface area contributed by atoms with Gasteiger partial charge in [-0.3, -0.25) is 9.59 Å². The van der Waals surface area contributed by atoms with Crippen LogP contribution in [0.1, 0.15) is 31.7 Å². The molecular weight excluding hydrogens is 432 g/mol. The maximum absolute atomic E-state index is 12.6. The minimum Gasteiger partial charge on any atom is -0.342 e. The molecule has 162 valence electrons. The standard InChI is InChI=1S/C23H25ClN4O2S/c1-2-15-28(21(30)13-8-17-6-4-3-5-7-17)16-14-20(29)25-23-27-26-22(31-23)18-9-11-19(24)12-10-18/h3-7,9-12H,2,8,13-16H2,1H3,(H,25,27,29). The van der Waals surface area contributed by atoms with Crippen LogP contribution in [0.4, 0.5) is 5.13 Å². The molecule has 1 aromatic heterocycles. The molecule has 0 atom stereocenters. The molecule has 1 N–H and O–H groups in total. The summed E-state index contributed by atoms with van der Waals surface area (Å²) >= 11 is 7.21. The molecule has 8 heteroatoms. The molecule has 1 heterocycles. The van der Waals surface area contributed by atoms with Crippen molar-refractivity contribution in [2.75, 3.05) is 18.4 Å². The predicted molar refractivity (Wildman–Crippen MR) is 125 cm³/mol. The van der Waals surface area contributed by atoms with Crippen molar-refractivity contribution >= 4 is 39.9 Å². The molecule has 0 aliphatic heterocycles. The molecule has 0 saturated carbocycles. The van der Waals surface area contributed by atoms with Gasteiger partial charge in [0.1, 0.15) is 5.01 Å². The second kappa shape index (κ2) is 11.6. The Morgan fingerprint density at radius 1 is 1.00 bits per heavy atom. The van der Waals surface area contributed by atoms with E-state index in [1.165, 1.54) is 11.3 Å². The van der Waals surface area contributed by atoms with Crippen LogP contribution >= 0.6 is 22.9 Å².